The zero-order chi connectivity index (χ0) is 23.6. The fourth-order valence-corrected chi connectivity index (χ4v) is 3.22. The summed E-state index contributed by atoms with van der Waals surface area (Å²) >= 11 is 0. The molecule has 0 bridgehead atoms. The van der Waals surface area contributed by atoms with E-state index in [0.29, 0.717) is 5.69 Å². The number of imide groups is 2. The largest absolute Gasteiger partial charge is 0.452 e. The number of nitrogens with zero attached hydrogens (tertiary/aromatic N) is 1. The van der Waals surface area contributed by atoms with E-state index in [1.807, 2.05) is 24.4 Å². The lowest BCUT2D eigenvalue weighted by atomic mass is 10.1. The standard InChI is InChI=1S/C23H23N3O6/c1-12(2)24-23(31)25-19(27)11-32-22(30)15-7-8-16-17(10-15)21(29)26(20(16)28)18-9-13(3)5-6-14(18)4/h5-10,12H,11H2,1-4H3,(H2,24,25,27,31). The Morgan fingerprint density at radius 2 is 1.66 bits per heavy atom. The highest BCUT2D eigenvalue weighted by atomic mass is 16.5. The number of aryl methyl sites for hydroxylation is 2. The van der Waals surface area contributed by atoms with E-state index in [2.05, 4.69) is 5.32 Å². The number of fused-ring (bicyclic) bond motifs is 1. The van der Waals surface area contributed by atoms with Crippen molar-refractivity contribution >= 4 is 35.4 Å². The summed E-state index contributed by atoms with van der Waals surface area (Å²) in [6.45, 7) is 6.44. The van der Waals surface area contributed by atoms with Gasteiger partial charge >= 0.3 is 12.0 Å². The van der Waals surface area contributed by atoms with Gasteiger partial charge in [0.15, 0.2) is 6.61 Å². The van der Waals surface area contributed by atoms with Gasteiger partial charge in [-0.3, -0.25) is 19.7 Å². The Balaban J connectivity index is 1.73. The monoisotopic (exact) mass is 437 g/mol. The Kier molecular flexibility index (Phi) is 6.38. The SMILES string of the molecule is Cc1ccc(C)c(N2C(=O)c3ccc(C(=O)OCC(=O)NC(=O)NC(C)C)cc3C2=O)c1. The number of nitrogens with one attached hydrogen (secondary N) is 2. The number of hydrogen-bond acceptors (Lipinski definition) is 6. The molecule has 0 saturated carbocycles. The molecule has 9 heteroatoms. The predicted molar refractivity (Wildman–Crippen MR) is 116 cm³/mol. The minimum Gasteiger partial charge on any atom is -0.452 e. The minimum atomic E-state index is -0.863. The van der Waals surface area contributed by atoms with Crippen molar-refractivity contribution in [3.05, 3.63) is 64.2 Å². The summed E-state index contributed by atoms with van der Waals surface area (Å²) in [7, 11) is 0. The van der Waals surface area contributed by atoms with Crippen molar-refractivity contribution in [2.75, 3.05) is 11.5 Å². The summed E-state index contributed by atoms with van der Waals surface area (Å²) in [6, 6.07) is 8.59. The second-order valence-electron chi connectivity index (χ2n) is 7.75. The van der Waals surface area contributed by atoms with Crippen molar-refractivity contribution in [3.8, 4) is 0 Å². The number of benzene rings is 2. The molecule has 1 heterocycles. The first-order valence-corrected chi connectivity index (χ1v) is 9.96. The number of amides is 5. The van der Waals surface area contributed by atoms with Crippen molar-refractivity contribution < 1.29 is 28.7 Å². The van der Waals surface area contributed by atoms with E-state index >= 15 is 0 Å². The molecule has 0 radical (unpaired) electrons. The lowest BCUT2D eigenvalue weighted by Crippen LogP contribution is -2.44. The maximum absolute atomic E-state index is 13.0. The van der Waals surface area contributed by atoms with Crippen LogP contribution >= 0.6 is 0 Å². The Morgan fingerprint density at radius 1 is 0.969 bits per heavy atom. The van der Waals surface area contributed by atoms with E-state index in [-0.39, 0.29) is 22.7 Å². The van der Waals surface area contributed by atoms with Gasteiger partial charge in [0, 0.05) is 6.04 Å². The van der Waals surface area contributed by atoms with Crippen molar-refractivity contribution in [3.63, 3.8) is 0 Å². The van der Waals surface area contributed by atoms with Crippen molar-refractivity contribution in [1.29, 1.82) is 0 Å². The molecule has 0 aromatic heterocycles. The van der Waals surface area contributed by atoms with Crippen LogP contribution in [-0.2, 0) is 9.53 Å². The minimum absolute atomic E-state index is 0.00662. The average molecular weight is 437 g/mol. The molecule has 5 amide bonds. The second kappa shape index (κ2) is 9.01. The van der Waals surface area contributed by atoms with Crippen LogP contribution in [-0.4, -0.2) is 42.4 Å². The van der Waals surface area contributed by atoms with Gasteiger partial charge in [0.25, 0.3) is 17.7 Å². The Hall–Kier alpha value is -4.01. The fraction of sp³-hybridized carbons (Fsp3) is 0.261. The summed E-state index contributed by atoms with van der Waals surface area (Å²) < 4.78 is 4.92. The van der Waals surface area contributed by atoms with Crippen LogP contribution in [0.4, 0.5) is 10.5 Å². The van der Waals surface area contributed by atoms with Crippen LogP contribution in [0.2, 0.25) is 0 Å². The molecular formula is C23H23N3O6. The molecule has 0 aliphatic carbocycles. The molecule has 0 fully saturated rings. The summed E-state index contributed by atoms with van der Waals surface area (Å²) in [5, 5.41) is 4.50. The normalized spacial score (nSPS) is 12.6. The molecule has 2 N–H and O–H groups in total. The number of ether oxygens (including phenoxy) is 1. The lowest BCUT2D eigenvalue weighted by Gasteiger charge is -2.17. The number of carbonyl (C=O) groups is 5. The molecule has 2 aromatic rings. The van der Waals surface area contributed by atoms with Crippen molar-refractivity contribution in [2.24, 2.45) is 0 Å². The maximum Gasteiger partial charge on any atom is 0.338 e. The van der Waals surface area contributed by atoms with Gasteiger partial charge in [-0.15, -0.1) is 0 Å². The van der Waals surface area contributed by atoms with Gasteiger partial charge < -0.3 is 10.1 Å². The van der Waals surface area contributed by atoms with Crippen LogP contribution < -0.4 is 15.5 Å². The highest BCUT2D eigenvalue weighted by molar-refractivity contribution is 6.35. The third kappa shape index (κ3) is 4.66. The molecular weight excluding hydrogens is 414 g/mol. The van der Waals surface area contributed by atoms with Crippen LogP contribution in [0.15, 0.2) is 36.4 Å². The molecule has 9 nitrogen and oxygen atoms in total. The van der Waals surface area contributed by atoms with Crippen LogP contribution in [0.3, 0.4) is 0 Å². The number of rotatable bonds is 5. The van der Waals surface area contributed by atoms with Crippen LogP contribution in [0, 0.1) is 13.8 Å². The average Bonchev–Trinajstić information content (AvgIpc) is 2.97. The van der Waals surface area contributed by atoms with E-state index in [9.17, 15) is 24.0 Å². The van der Waals surface area contributed by atoms with E-state index in [1.54, 1.807) is 26.8 Å². The van der Waals surface area contributed by atoms with Gasteiger partial charge in [-0.05, 0) is 63.1 Å². The lowest BCUT2D eigenvalue weighted by molar-refractivity contribution is -0.123. The quantitative estimate of drug-likeness (QED) is 0.548. The molecule has 0 unspecified atom stereocenters. The smallest absolute Gasteiger partial charge is 0.338 e. The Bertz CT molecular complexity index is 1140. The molecule has 2 aromatic carbocycles. The zero-order valence-corrected chi connectivity index (χ0v) is 18.1. The van der Waals surface area contributed by atoms with Gasteiger partial charge in [-0.25, -0.2) is 14.5 Å². The molecule has 0 saturated heterocycles. The Labute approximate surface area is 184 Å². The first kappa shape index (κ1) is 22.7. The fourth-order valence-electron chi connectivity index (χ4n) is 3.22. The van der Waals surface area contributed by atoms with Gasteiger partial charge in [0.1, 0.15) is 0 Å². The van der Waals surface area contributed by atoms with E-state index in [0.717, 1.165) is 16.0 Å². The third-order valence-electron chi connectivity index (χ3n) is 4.73. The number of esters is 1. The summed E-state index contributed by atoms with van der Waals surface area (Å²) in [4.78, 5) is 62.5. The topological polar surface area (TPSA) is 122 Å². The summed E-state index contributed by atoms with van der Waals surface area (Å²) in [6.07, 6.45) is 0. The summed E-state index contributed by atoms with van der Waals surface area (Å²) in [5.74, 6) is -2.69. The number of urea groups is 1. The molecule has 0 spiro atoms. The summed E-state index contributed by atoms with van der Waals surface area (Å²) in [5.41, 5.74) is 2.40. The molecule has 32 heavy (non-hydrogen) atoms. The highest BCUT2D eigenvalue weighted by Gasteiger charge is 2.38. The number of hydrogen-bond donors (Lipinski definition) is 2. The van der Waals surface area contributed by atoms with Crippen LogP contribution in [0.1, 0.15) is 56.0 Å². The molecule has 0 atom stereocenters. The molecule has 1 aliphatic heterocycles. The molecule has 166 valence electrons. The predicted octanol–water partition coefficient (Wildman–Crippen LogP) is 2.50. The van der Waals surface area contributed by atoms with Gasteiger partial charge in [0.2, 0.25) is 0 Å². The second-order valence-corrected chi connectivity index (χ2v) is 7.75. The van der Waals surface area contributed by atoms with Crippen molar-refractivity contribution in [2.45, 2.75) is 33.7 Å². The van der Waals surface area contributed by atoms with Gasteiger partial charge in [-0.1, -0.05) is 12.1 Å². The molecule has 1 aliphatic rings. The van der Waals surface area contributed by atoms with Gasteiger partial charge in [0.05, 0.1) is 22.4 Å². The Morgan fingerprint density at radius 3 is 2.34 bits per heavy atom. The molecule has 3 rings (SSSR count). The highest BCUT2D eigenvalue weighted by Crippen LogP contribution is 2.31. The number of anilines is 1. The third-order valence-corrected chi connectivity index (χ3v) is 4.73. The van der Waals surface area contributed by atoms with E-state index in [4.69, 9.17) is 4.74 Å². The first-order valence-electron chi connectivity index (χ1n) is 9.96. The number of carbonyl (C=O) groups excluding carboxylic acids is 5. The zero-order valence-electron chi connectivity index (χ0n) is 18.1. The van der Waals surface area contributed by atoms with E-state index < -0.39 is 36.3 Å². The maximum atomic E-state index is 13.0. The van der Waals surface area contributed by atoms with Crippen LogP contribution in [0.25, 0.3) is 0 Å². The van der Waals surface area contributed by atoms with Crippen LogP contribution in [0.5, 0.6) is 0 Å². The first-order chi connectivity index (χ1) is 15.1. The van der Waals surface area contributed by atoms with E-state index in [1.165, 1.54) is 18.2 Å². The van der Waals surface area contributed by atoms with Gasteiger partial charge in [-0.2, -0.15) is 0 Å². The van der Waals surface area contributed by atoms with Crippen molar-refractivity contribution in [1.82, 2.24) is 10.6 Å².